The number of hydrogen-bond acceptors (Lipinski definition) is 4. The fourth-order valence-electron chi connectivity index (χ4n) is 2.67. The normalized spacial score (nSPS) is 11.0. The molecule has 0 unspecified atom stereocenters. The van der Waals surface area contributed by atoms with Gasteiger partial charge in [0.25, 0.3) is 0 Å². The van der Waals surface area contributed by atoms with E-state index < -0.39 is 0 Å². The van der Waals surface area contributed by atoms with Crippen molar-refractivity contribution in [2.45, 2.75) is 0 Å². The van der Waals surface area contributed by atoms with Gasteiger partial charge >= 0.3 is 0 Å². The molecular weight excluding hydrogens is 286 g/mol. The van der Waals surface area contributed by atoms with E-state index in [0.29, 0.717) is 0 Å². The molecule has 0 atom stereocenters. The van der Waals surface area contributed by atoms with Crippen LogP contribution in [0.2, 0.25) is 0 Å². The molecule has 1 N–H and O–H groups in total. The third kappa shape index (κ3) is 2.36. The minimum Gasteiger partial charge on any atom is -0.378 e. The van der Waals surface area contributed by atoms with Crippen molar-refractivity contribution in [3.63, 3.8) is 0 Å². The second-order valence-corrected chi connectivity index (χ2v) is 5.66. The second kappa shape index (κ2) is 5.28. The van der Waals surface area contributed by atoms with Crippen molar-refractivity contribution in [1.29, 1.82) is 0 Å². The number of hydrogen-bond donors (Lipinski definition) is 1. The molecule has 23 heavy (non-hydrogen) atoms. The number of anilines is 3. The van der Waals surface area contributed by atoms with Crippen LogP contribution in [0.5, 0.6) is 0 Å². The average molecular weight is 303 g/mol. The number of aromatic nitrogens is 3. The molecule has 0 radical (unpaired) electrons. The maximum atomic E-state index is 4.75. The summed E-state index contributed by atoms with van der Waals surface area (Å²) in [6, 6.07) is 16.3. The Hall–Kier alpha value is -3.08. The lowest BCUT2D eigenvalue weighted by Gasteiger charge is -2.14. The standard InChI is InChI=1S/C18H17N5/c1-22(2)14-9-7-13(8-10-14)20-18-17-11-19-12-23(17)16-6-4-3-5-15(16)21-18/h3-12H,1-2H3,(H,20,21). The first-order valence-electron chi connectivity index (χ1n) is 7.47. The quantitative estimate of drug-likeness (QED) is 0.627. The zero-order chi connectivity index (χ0) is 15.8. The van der Waals surface area contributed by atoms with Gasteiger partial charge < -0.3 is 10.2 Å². The predicted octanol–water partition coefficient (Wildman–Crippen LogP) is 3.69. The van der Waals surface area contributed by atoms with Crippen molar-refractivity contribution >= 4 is 33.7 Å². The Kier molecular flexibility index (Phi) is 3.12. The summed E-state index contributed by atoms with van der Waals surface area (Å²) < 4.78 is 2.05. The van der Waals surface area contributed by atoms with Crippen LogP contribution in [0.15, 0.2) is 61.1 Å². The molecule has 5 heteroatoms. The first-order valence-corrected chi connectivity index (χ1v) is 7.47. The highest BCUT2D eigenvalue weighted by Crippen LogP contribution is 2.25. The Morgan fingerprint density at radius 1 is 0.957 bits per heavy atom. The molecule has 0 bridgehead atoms. The maximum Gasteiger partial charge on any atom is 0.157 e. The van der Waals surface area contributed by atoms with E-state index >= 15 is 0 Å². The van der Waals surface area contributed by atoms with Gasteiger partial charge in [-0.25, -0.2) is 9.97 Å². The highest BCUT2D eigenvalue weighted by atomic mass is 15.1. The molecule has 0 amide bonds. The second-order valence-electron chi connectivity index (χ2n) is 5.66. The van der Waals surface area contributed by atoms with Crippen LogP contribution in [0, 0.1) is 0 Å². The Bertz CT molecular complexity index is 970. The lowest BCUT2D eigenvalue weighted by atomic mass is 10.2. The smallest absolute Gasteiger partial charge is 0.157 e. The molecule has 114 valence electrons. The van der Waals surface area contributed by atoms with Gasteiger partial charge in [-0.1, -0.05) is 12.1 Å². The Balaban J connectivity index is 1.79. The number of para-hydroxylation sites is 2. The Morgan fingerprint density at radius 2 is 1.74 bits per heavy atom. The first kappa shape index (κ1) is 13.6. The molecule has 0 aliphatic heterocycles. The number of imidazole rings is 1. The van der Waals surface area contributed by atoms with Gasteiger partial charge in [-0.15, -0.1) is 0 Å². The van der Waals surface area contributed by atoms with E-state index in [0.717, 1.165) is 33.7 Å². The maximum absolute atomic E-state index is 4.75. The van der Waals surface area contributed by atoms with Crippen LogP contribution in [-0.2, 0) is 0 Å². The lowest BCUT2D eigenvalue weighted by molar-refractivity contribution is 1.13. The van der Waals surface area contributed by atoms with Gasteiger partial charge in [0, 0.05) is 25.5 Å². The summed E-state index contributed by atoms with van der Waals surface area (Å²) in [7, 11) is 4.06. The molecule has 0 saturated carbocycles. The number of fused-ring (bicyclic) bond motifs is 3. The molecule has 4 rings (SSSR count). The van der Waals surface area contributed by atoms with Crippen LogP contribution in [-0.4, -0.2) is 28.5 Å². The summed E-state index contributed by atoms with van der Waals surface area (Å²) in [6.45, 7) is 0. The number of nitrogens with one attached hydrogen (secondary N) is 1. The van der Waals surface area contributed by atoms with Crippen LogP contribution < -0.4 is 10.2 Å². The van der Waals surface area contributed by atoms with E-state index in [9.17, 15) is 0 Å². The van der Waals surface area contributed by atoms with Crippen LogP contribution in [0.4, 0.5) is 17.2 Å². The third-order valence-corrected chi connectivity index (χ3v) is 3.90. The van der Waals surface area contributed by atoms with Crippen molar-refractivity contribution in [3.05, 3.63) is 61.1 Å². The first-order chi connectivity index (χ1) is 11.2. The largest absolute Gasteiger partial charge is 0.378 e. The van der Waals surface area contributed by atoms with Gasteiger partial charge in [0.1, 0.15) is 5.52 Å². The van der Waals surface area contributed by atoms with E-state index in [1.54, 1.807) is 0 Å². The van der Waals surface area contributed by atoms with Crippen LogP contribution in [0.1, 0.15) is 0 Å². The summed E-state index contributed by atoms with van der Waals surface area (Å²) >= 11 is 0. The molecule has 2 aromatic heterocycles. The highest BCUT2D eigenvalue weighted by Gasteiger charge is 2.08. The molecule has 0 aliphatic carbocycles. The molecule has 0 spiro atoms. The number of nitrogens with zero attached hydrogens (tertiary/aromatic N) is 4. The fourth-order valence-corrected chi connectivity index (χ4v) is 2.67. The average Bonchev–Trinajstić information content (AvgIpc) is 3.06. The lowest BCUT2D eigenvalue weighted by Crippen LogP contribution is -2.08. The van der Waals surface area contributed by atoms with Crippen molar-refractivity contribution in [1.82, 2.24) is 14.4 Å². The van der Waals surface area contributed by atoms with Gasteiger partial charge in [-0.05, 0) is 36.4 Å². The van der Waals surface area contributed by atoms with Gasteiger partial charge in [0.05, 0.1) is 23.6 Å². The van der Waals surface area contributed by atoms with Crippen LogP contribution >= 0.6 is 0 Å². The summed E-state index contributed by atoms with van der Waals surface area (Å²) in [5.41, 5.74) is 5.11. The summed E-state index contributed by atoms with van der Waals surface area (Å²) in [4.78, 5) is 11.1. The molecule has 2 aromatic carbocycles. The van der Waals surface area contributed by atoms with E-state index in [-0.39, 0.29) is 0 Å². The SMILES string of the molecule is CN(C)c1ccc(Nc2nc3ccccc3n3cncc23)cc1. The summed E-state index contributed by atoms with van der Waals surface area (Å²) in [5.74, 6) is 0.804. The summed E-state index contributed by atoms with van der Waals surface area (Å²) in [6.07, 6.45) is 3.65. The van der Waals surface area contributed by atoms with Crippen molar-refractivity contribution < 1.29 is 0 Å². The van der Waals surface area contributed by atoms with Gasteiger partial charge in [-0.2, -0.15) is 0 Å². The molecule has 0 saturated heterocycles. The van der Waals surface area contributed by atoms with Crippen LogP contribution in [0.3, 0.4) is 0 Å². The van der Waals surface area contributed by atoms with Gasteiger partial charge in [-0.3, -0.25) is 4.40 Å². The predicted molar refractivity (Wildman–Crippen MR) is 94.5 cm³/mol. The van der Waals surface area contributed by atoms with E-state index in [1.807, 2.05) is 50.9 Å². The molecule has 5 nitrogen and oxygen atoms in total. The van der Waals surface area contributed by atoms with E-state index in [2.05, 4.69) is 43.9 Å². The van der Waals surface area contributed by atoms with Crippen molar-refractivity contribution in [3.8, 4) is 0 Å². The van der Waals surface area contributed by atoms with E-state index in [1.165, 1.54) is 0 Å². The third-order valence-electron chi connectivity index (χ3n) is 3.90. The summed E-state index contributed by atoms with van der Waals surface area (Å²) in [5, 5.41) is 3.40. The Morgan fingerprint density at radius 3 is 2.52 bits per heavy atom. The minimum atomic E-state index is 0.804. The van der Waals surface area contributed by atoms with E-state index in [4.69, 9.17) is 4.98 Å². The zero-order valence-corrected chi connectivity index (χ0v) is 13.1. The van der Waals surface area contributed by atoms with Gasteiger partial charge in [0.15, 0.2) is 5.82 Å². The van der Waals surface area contributed by atoms with Crippen molar-refractivity contribution in [2.24, 2.45) is 0 Å². The monoisotopic (exact) mass is 303 g/mol. The zero-order valence-electron chi connectivity index (χ0n) is 13.1. The molecule has 2 heterocycles. The molecule has 4 aromatic rings. The fraction of sp³-hybridized carbons (Fsp3) is 0.111. The van der Waals surface area contributed by atoms with Gasteiger partial charge in [0.2, 0.25) is 0 Å². The minimum absolute atomic E-state index is 0.804. The topological polar surface area (TPSA) is 45.5 Å². The molecular formula is C18H17N5. The molecule has 0 aliphatic rings. The molecule has 0 fully saturated rings. The van der Waals surface area contributed by atoms with Crippen LogP contribution in [0.25, 0.3) is 16.6 Å². The van der Waals surface area contributed by atoms with Crippen molar-refractivity contribution in [2.75, 3.05) is 24.3 Å². The highest BCUT2D eigenvalue weighted by molar-refractivity contribution is 5.85. The Labute approximate surface area is 134 Å². The number of rotatable bonds is 3. The number of benzene rings is 2.